The second kappa shape index (κ2) is 8.72. The van der Waals surface area contributed by atoms with Gasteiger partial charge in [0.2, 0.25) is 15.9 Å². The van der Waals surface area contributed by atoms with Gasteiger partial charge >= 0.3 is 0 Å². The molecule has 0 bridgehead atoms. The number of amides is 1. The first-order chi connectivity index (χ1) is 12.5. The largest absolute Gasteiger partial charge is 0.356 e. The van der Waals surface area contributed by atoms with Gasteiger partial charge in [0.15, 0.2) is 0 Å². The first-order valence-corrected chi connectivity index (χ1v) is 11.3. The number of hydrogen-bond donors (Lipinski definition) is 1. The summed E-state index contributed by atoms with van der Waals surface area (Å²) in [7, 11) is -3.59. The summed E-state index contributed by atoms with van der Waals surface area (Å²) in [4.78, 5) is 12.8. The summed E-state index contributed by atoms with van der Waals surface area (Å²) >= 11 is 5.85. The van der Waals surface area contributed by atoms with Gasteiger partial charge in [-0.2, -0.15) is 4.31 Å². The minimum absolute atomic E-state index is 0.00780. The normalized spacial score (nSPS) is 22.9. The lowest BCUT2D eigenvalue weighted by molar-refractivity contribution is -0.126. The van der Waals surface area contributed by atoms with E-state index in [9.17, 15) is 13.2 Å². The van der Waals surface area contributed by atoms with Crippen molar-refractivity contribution in [1.29, 1.82) is 0 Å². The number of carbonyl (C=O) groups excluding carboxylic acids is 1. The van der Waals surface area contributed by atoms with E-state index in [0.717, 1.165) is 13.0 Å². The average molecular weight is 399 g/mol. The second-order valence-electron chi connectivity index (χ2n) is 7.41. The van der Waals surface area contributed by atoms with Gasteiger partial charge in [-0.1, -0.05) is 30.9 Å². The van der Waals surface area contributed by atoms with Crippen molar-refractivity contribution in [2.24, 2.45) is 11.8 Å². The molecule has 1 heterocycles. The van der Waals surface area contributed by atoms with Crippen LogP contribution in [0.3, 0.4) is 0 Å². The third-order valence-corrected chi connectivity index (χ3v) is 7.63. The van der Waals surface area contributed by atoms with Gasteiger partial charge in [0, 0.05) is 24.7 Å². The fraction of sp³-hybridized carbons (Fsp3) is 0.632. The quantitative estimate of drug-likeness (QED) is 0.826. The van der Waals surface area contributed by atoms with Gasteiger partial charge in [-0.3, -0.25) is 4.79 Å². The van der Waals surface area contributed by atoms with Gasteiger partial charge < -0.3 is 5.32 Å². The molecule has 2 fully saturated rings. The molecule has 1 saturated carbocycles. The predicted molar refractivity (Wildman–Crippen MR) is 103 cm³/mol. The molecule has 1 N–H and O–H groups in total. The summed E-state index contributed by atoms with van der Waals surface area (Å²) in [6.07, 6.45) is 7.60. The van der Waals surface area contributed by atoms with E-state index >= 15 is 0 Å². The van der Waals surface area contributed by atoms with Gasteiger partial charge in [0.1, 0.15) is 0 Å². The molecule has 5 nitrogen and oxygen atoms in total. The van der Waals surface area contributed by atoms with E-state index in [-0.39, 0.29) is 23.3 Å². The Hall–Kier alpha value is -1.11. The Morgan fingerprint density at radius 3 is 2.46 bits per heavy atom. The Kier molecular flexibility index (Phi) is 6.59. The topological polar surface area (TPSA) is 66.5 Å². The van der Waals surface area contributed by atoms with E-state index in [1.807, 2.05) is 0 Å². The lowest BCUT2D eigenvalue weighted by Crippen LogP contribution is -2.46. The highest BCUT2D eigenvalue weighted by atomic mass is 35.5. The summed E-state index contributed by atoms with van der Waals surface area (Å²) in [5.41, 5.74) is 0. The number of sulfonamides is 1. The standard InChI is InChI=1S/C19H27ClN2O3S/c20-17-8-10-18(11-9-17)26(24,25)22-12-4-7-16(14-22)19(23)21-13-15-5-2-1-3-6-15/h8-11,15-16H,1-7,12-14H2,(H,21,23)/t16-/m0/s1. The number of rotatable bonds is 5. The zero-order valence-corrected chi connectivity index (χ0v) is 16.6. The van der Waals surface area contributed by atoms with Crippen LogP contribution in [0.2, 0.25) is 5.02 Å². The number of carbonyl (C=O) groups is 1. The van der Waals surface area contributed by atoms with Gasteiger partial charge in [-0.15, -0.1) is 0 Å². The van der Waals surface area contributed by atoms with E-state index in [1.165, 1.54) is 48.5 Å². The summed E-state index contributed by atoms with van der Waals surface area (Å²) in [5, 5.41) is 3.57. The summed E-state index contributed by atoms with van der Waals surface area (Å²) in [5.74, 6) is 0.297. The lowest BCUT2D eigenvalue weighted by atomic mass is 9.89. The molecule has 1 atom stereocenters. The molecule has 1 saturated heterocycles. The highest BCUT2D eigenvalue weighted by Gasteiger charge is 2.33. The molecule has 26 heavy (non-hydrogen) atoms. The molecule has 0 spiro atoms. The van der Waals surface area contributed by atoms with Crippen molar-refractivity contribution in [2.75, 3.05) is 19.6 Å². The molecule has 0 unspecified atom stereocenters. The maximum Gasteiger partial charge on any atom is 0.243 e. The summed E-state index contributed by atoms with van der Waals surface area (Å²) in [6, 6.07) is 6.19. The minimum Gasteiger partial charge on any atom is -0.356 e. The number of benzene rings is 1. The fourth-order valence-electron chi connectivity index (χ4n) is 3.91. The maximum absolute atomic E-state index is 12.8. The Labute approximate surface area is 161 Å². The van der Waals surface area contributed by atoms with Gasteiger partial charge in [0.25, 0.3) is 0 Å². The van der Waals surface area contributed by atoms with Crippen LogP contribution < -0.4 is 5.32 Å². The van der Waals surface area contributed by atoms with Crippen LogP contribution in [-0.2, 0) is 14.8 Å². The Balaban J connectivity index is 1.59. The Bertz CT molecular complexity index is 715. The molecule has 144 valence electrons. The molecule has 1 amide bonds. The van der Waals surface area contributed by atoms with Crippen molar-refractivity contribution in [3.05, 3.63) is 29.3 Å². The molecule has 2 aliphatic rings. The number of halogens is 1. The van der Waals surface area contributed by atoms with Crippen LogP contribution in [0.25, 0.3) is 0 Å². The highest BCUT2D eigenvalue weighted by Crippen LogP contribution is 2.26. The third kappa shape index (κ3) is 4.78. The van der Waals surface area contributed by atoms with Gasteiger partial charge in [-0.25, -0.2) is 8.42 Å². The molecular formula is C19H27ClN2O3S. The number of piperidine rings is 1. The van der Waals surface area contributed by atoms with Gasteiger partial charge in [0.05, 0.1) is 10.8 Å². The zero-order valence-electron chi connectivity index (χ0n) is 15.0. The monoisotopic (exact) mass is 398 g/mol. The van der Waals surface area contributed by atoms with Crippen molar-refractivity contribution in [3.8, 4) is 0 Å². The summed E-state index contributed by atoms with van der Waals surface area (Å²) in [6.45, 7) is 1.43. The average Bonchev–Trinajstić information content (AvgIpc) is 2.67. The first-order valence-electron chi connectivity index (χ1n) is 9.50. The Morgan fingerprint density at radius 2 is 1.77 bits per heavy atom. The van der Waals surface area contributed by atoms with Gasteiger partial charge in [-0.05, 0) is 55.9 Å². The highest BCUT2D eigenvalue weighted by molar-refractivity contribution is 7.89. The molecule has 1 aliphatic heterocycles. The number of nitrogens with one attached hydrogen (secondary N) is 1. The molecule has 1 aromatic carbocycles. The van der Waals surface area contributed by atoms with Crippen LogP contribution in [0, 0.1) is 11.8 Å². The van der Waals surface area contributed by atoms with E-state index in [2.05, 4.69) is 5.32 Å². The summed E-state index contributed by atoms with van der Waals surface area (Å²) < 4.78 is 27.1. The SMILES string of the molecule is O=C(NCC1CCCCC1)[C@H]1CCCN(S(=O)(=O)c2ccc(Cl)cc2)C1. The smallest absolute Gasteiger partial charge is 0.243 e. The number of nitrogens with zero attached hydrogens (tertiary/aromatic N) is 1. The van der Waals surface area contributed by atoms with Crippen LogP contribution in [0.1, 0.15) is 44.9 Å². The molecule has 1 aromatic rings. The third-order valence-electron chi connectivity index (χ3n) is 5.50. The van der Waals surface area contributed by atoms with Crippen LogP contribution in [0.5, 0.6) is 0 Å². The molecule has 0 aromatic heterocycles. The van der Waals surface area contributed by atoms with Crippen molar-refractivity contribution in [1.82, 2.24) is 9.62 Å². The lowest BCUT2D eigenvalue weighted by Gasteiger charge is -2.31. The molecule has 3 rings (SSSR count). The molecule has 7 heteroatoms. The maximum atomic E-state index is 12.8. The fourth-order valence-corrected chi connectivity index (χ4v) is 5.56. The van der Waals surface area contributed by atoms with E-state index in [4.69, 9.17) is 11.6 Å². The van der Waals surface area contributed by atoms with Crippen molar-refractivity contribution < 1.29 is 13.2 Å². The van der Waals surface area contributed by atoms with Crippen molar-refractivity contribution >= 4 is 27.5 Å². The minimum atomic E-state index is -3.59. The zero-order chi connectivity index (χ0) is 18.6. The predicted octanol–water partition coefficient (Wildman–Crippen LogP) is 3.44. The molecule has 1 aliphatic carbocycles. The van der Waals surface area contributed by atoms with Crippen LogP contribution in [0.15, 0.2) is 29.2 Å². The van der Waals surface area contributed by atoms with E-state index < -0.39 is 10.0 Å². The van der Waals surface area contributed by atoms with Crippen molar-refractivity contribution in [3.63, 3.8) is 0 Å². The van der Waals surface area contributed by atoms with E-state index in [1.54, 1.807) is 12.1 Å². The Morgan fingerprint density at radius 1 is 1.08 bits per heavy atom. The van der Waals surface area contributed by atoms with Crippen LogP contribution in [0.4, 0.5) is 0 Å². The molecular weight excluding hydrogens is 372 g/mol. The van der Waals surface area contributed by atoms with Crippen molar-refractivity contribution in [2.45, 2.75) is 49.8 Å². The first kappa shape index (κ1) is 19.6. The number of hydrogen-bond acceptors (Lipinski definition) is 3. The van der Waals surface area contributed by atoms with Crippen LogP contribution in [-0.4, -0.2) is 38.3 Å². The van der Waals surface area contributed by atoms with Crippen LogP contribution >= 0.6 is 11.6 Å². The van der Waals surface area contributed by atoms with E-state index in [0.29, 0.717) is 23.9 Å². The second-order valence-corrected chi connectivity index (χ2v) is 9.78. The molecule has 0 radical (unpaired) electrons.